The summed E-state index contributed by atoms with van der Waals surface area (Å²) in [6.07, 6.45) is 5.03. The number of rotatable bonds is 1. The monoisotopic (exact) mass is 261 g/mol. The van der Waals surface area contributed by atoms with Gasteiger partial charge >= 0.3 is 0 Å². The number of nitrogen functional groups attached to an aromatic ring is 1. The number of nitrogens with two attached hydrogens (primary N) is 1. The van der Waals surface area contributed by atoms with Crippen molar-refractivity contribution >= 4 is 11.6 Å². The molecule has 1 saturated carbocycles. The first-order valence-electron chi connectivity index (χ1n) is 6.81. The highest BCUT2D eigenvalue weighted by Gasteiger charge is 2.38. The molecule has 0 radical (unpaired) electrons. The maximum atomic E-state index is 12.7. The molecular formula is C14H19N3O2. The number of pyridine rings is 1. The number of fused-ring (bicyclic) bond motifs is 1. The van der Waals surface area contributed by atoms with Gasteiger partial charge in [-0.15, -0.1) is 0 Å². The van der Waals surface area contributed by atoms with Crippen LogP contribution in [-0.2, 0) is 4.74 Å². The summed E-state index contributed by atoms with van der Waals surface area (Å²) in [5.41, 5.74) is 7.63. The van der Waals surface area contributed by atoms with E-state index < -0.39 is 0 Å². The molecule has 0 spiro atoms. The molecule has 2 atom stereocenters. The summed E-state index contributed by atoms with van der Waals surface area (Å²) in [7, 11) is 0. The van der Waals surface area contributed by atoms with E-state index in [9.17, 15) is 4.79 Å². The predicted molar refractivity (Wildman–Crippen MR) is 71.8 cm³/mol. The average molecular weight is 261 g/mol. The number of aromatic nitrogens is 1. The number of carbonyl (C=O) groups excluding carboxylic acids is 1. The summed E-state index contributed by atoms with van der Waals surface area (Å²) in [5, 5.41) is 0. The maximum absolute atomic E-state index is 12.7. The van der Waals surface area contributed by atoms with Crippen molar-refractivity contribution in [2.45, 2.75) is 38.3 Å². The largest absolute Gasteiger partial charge is 0.397 e. The van der Waals surface area contributed by atoms with Crippen molar-refractivity contribution in [2.24, 2.45) is 0 Å². The standard InChI is InChI=1S/C14H19N3O2/c1-9-11(7-10(15)8-16-9)14(18)17-5-6-19-13-4-2-3-12(13)17/h7-8,12-13H,2-6,15H2,1H3. The molecule has 2 N–H and O–H groups in total. The molecular weight excluding hydrogens is 242 g/mol. The second-order valence-electron chi connectivity index (χ2n) is 5.31. The molecule has 2 fully saturated rings. The molecule has 1 aromatic rings. The smallest absolute Gasteiger partial charge is 0.256 e. The van der Waals surface area contributed by atoms with Crippen LogP contribution in [0.1, 0.15) is 35.3 Å². The molecule has 1 saturated heterocycles. The maximum Gasteiger partial charge on any atom is 0.256 e. The number of amides is 1. The van der Waals surface area contributed by atoms with Gasteiger partial charge < -0.3 is 15.4 Å². The lowest BCUT2D eigenvalue weighted by molar-refractivity contribution is -0.0445. The Bertz CT molecular complexity index is 503. The van der Waals surface area contributed by atoms with Gasteiger partial charge in [0.2, 0.25) is 0 Å². The van der Waals surface area contributed by atoms with E-state index in [1.807, 2.05) is 11.8 Å². The first-order chi connectivity index (χ1) is 9.16. The molecule has 3 rings (SSSR count). The fraction of sp³-hybridized carbons (Fsp3) is 0.571. The van der Waals surface area contributed by atoms with Crippen LogP contribution in [0.15, 0.2) is 12.3 Å². The van der Waals surface area contributed by atoms with Gasteiger partial charge in [-0.25, -0.2) is 0 Å². The third-order valence-corrected chi connectivity index (χ3v) is 4.08. The second-order valence-corrected chi connectivity index (χ2v) is 5.31. The lowest BCUT2D eigenvalue weighted by atomic mass is 10.1. The van der Waals surface area contributed by atoms with Gasteiger partial charge in [-0.1, -0.05) is 0 Å². The van der Waals surface area contributed by atoms with E-state index in [4.69, 9.17) is 10.5 Å². The molecule has 0 aromatic carbocycles. The third kappa shape index (κ3) is 2.18. The zero-order valence-corrected chi connectivity index (χ0v) is 11.1. The van der Waals surface area contributed by atoms with Crippen LogP contribution >= 0.6 is 0 Å². The van der Waals surface area contributed by atoms with Crippen molar-refractivity contribution in [1.82, 2.24) is 9.88 Å². The number of morpholine rings is 1. The molecule has 1 aliphatic heterocycles. The van der Waals surface area contributed by atoms with Crippen molar-refractivity contribution in [3.05, 3.63) is 23.5 Å². The van der Waals surface area contributed by atoms with Crippen LogP contribution < -0.4 is 5.73 Å². The normalized spacial score (nSPS) is 26.3. The van der Waals surface area contributed by atoms with Gasteiger partial charge in [0.25, 0.3) is 5.91 Å². The summed E-state index contributed by atoms with van der Waals surface area (Å²) in [5.74, 6) is 0.0394. The van der Waals surface area contributed by atoms with Crippen LogP contribution in [0.5, 0.6) is 0 Å². The molecule has 1 amide bonds. The molecule has 2 unspecified atom stereocenters. The molecule has 2 aliphatic rings. The highest BCUT2D eigenvalue weighted by molar-refractivity contribution is 5.96. The first-order valence-corrected chi connectivity index (χ1v) is 6.81. The van der Waals surface area contributed by atoms with Gasteiger partial charge in [0.05, 0.1) is 41.9 Å². The van der Waals surface area contributed by atoms with Crippen LogP contribution in [-0.4, -0.2) is 41.1 Å². The number of aryl methyl sites for hydroxylation is 1. The van der Waals surface area contributed by atoms with E-state index in [0.717, 1.165) is 25.0 Å². The number of ether oxygens (including phenoxy) is 1. The Kier molecular flexibility index (Phi) is 3.14. The highest BCUT2D eigenvalue weighted by Crippen LogP contribution is 2.31. The number of anilines is 1. The van der Waals surface area contributed by atoms with E-state index in [1.54, 1.807) is 12.3 Å². The molecule has 19 heavy (non-hydrogen) atoms. The van der Waals surface area contributed by atoms with Gasteiger partial charge in [-0.3, -0.25) is 9.78 Å². The van der Waals surface area contributed by atoms with E-state index >= 15 is 0 Å². The van der Waals surface area contributed by atoms with Gasteiger partial charge in [0.1, 0.15) is 0 Å². The minimum absolute atomic E-state index is 0.0394. The molecule has 5 heteroatoms. The third-order valence-electron chi connectivity index (χ3n) is 4.08. The van der Waals surface area contributed by atoms with Gasteiger partial charge in [0.15, 0.2) is 0 Å². The molecule has 1 aromatic heterocycles. The summed E-state index contributed by atoms with van der Waals surface area (Å²) < 4.78 is 5.74. The fourth-order valence-corrected chi connectivity index (χ4v) is 3.10. The minimum Gasteiger partial charge on any atom is -0.397 e. The minimum atomic E-state index is 0.0394. The summed E-state index contributed by atoms with van der Waals surface area (Å²) >= 11 is 0. The van der Waals surface area contributed by atoms with Crippen LogP contribution in [0.25, 0.3) is 0 Å². The number of hydrogen-bond acceptors (Lipinski definition) is 4. The lowest BCUT2D eigenvalue weighted by Crippen LogP contribution is -2.51. The lowest BCUT2D eigenvalue weighted by Gasteiger charge is -2.37. The summed E-state index contributed by atoms with van der Waals surface area (Å²) in [4.78, 5) is 18.8. The van der Waals surface area contributed by atoms with E-state index in [0.29, 0.717) is 24.4 Å². The van der Waals surface area contributed by atoms with Crippen LogP contribution in [0.3, 0.4) is 0 Å². The predicted octanol–water partition coefficient (Wildman–Crippen LogP) is 1.37. The SMILES string of the molecule is Cc1ncc(N)cc1C(=O)N1CCOC2CCCC21. The second kappa shape index (κ2) is 4.81. The van der Waals surface area contributed by atoms with Gasteiger partial charge in [-0.05, 0) is 32.3 Å². The van der Waals surface area contributed by atoms with Crippen LogP contribution in [0.4, 0.5) is 5.69 Å². The molecule has 1 aliphatic carbocycles. The van der Waals surface area contributed by atoms with Crippen molar-refractivity contribution in [3.63, 3.8) is 0 Å². The Morgan fingerprint density at radius 1 is 1.53 bits per heavy atom. The van der Waals surface area contributed by atoms with Crippen LogP contribution in [0, 0.1) is 6.92 Å². The Hall–Kier alpha value is -1.62. The molecule has 2 heterocycles. The summed E-state index contributed by atoms with van der Waals surface area (Å²) in [6, 6.07) is 1.95. The fourth-order valence-electron chi connectivity index (χ4n) is 3.10. The van der Waals surface area contributed by atoms with E-state index in [2.05, 4.69) is 4.98 Å². The highest BCUT2D eigenvalue weighted by atomic mass is 16.5. The van der Waals surface area contributed by atoms with Crippen LogP contribution in [0.2, 0.25) is 0 Å². The van der Waals surface area contributed by atoms with Gasteiger partial charge in [0, 0.05) is 6.54 Å². The zero-order chi connectivity index (χ0) is 13.4. The summed E-state index contributed by atoms with van der Waals surface area (Å²) in [6.45, 7) is 3.13. The quantitative estimate of drug-likeness (QED) is 0.829. The Labute approximate surface area is 112 Å². The van der Waals surface area contributed by atoms with Gasteiger partial charge in [-0.2, -0.15) is 0 Å². The molecule has 0 bridgehead atoms. The Balaban J connectivity index is 1.88. The van der Waals surface area contributed by atoms with Crippen molar-refractivity contribution in [3.8, 4) is 0 Å². The van der Waals surface area contributed by atoms with Crippen molar-refractivity contribution in [2.75, 3.05) is 18.9 Å². The topological polar surface area (TPSA) is 68.5 Å². The number of carbonyl (C=O) groups is 1. The Morgan fingerprint density at radius 3 is 3.21 bits per heavy atom. The zero-order valence-electron chi connectivity index (χ0n) is 11.1. The van der Waals surface area contributed by atoms with E-state index in [-0.39, 0.29) is 18.1 Å². The number of nitrogens with zero attached hydrogens (tertiary/aromatic N) is 2. The van der Waals surface area contributed by atoms with Crippen molar-refractivity contribution < 1.29 is 9.53 Å². The first kappa shape index (κ1) is 12.4. The molecule has 5 nitrogen and oxygen atoms in total. The van der Waals surface area contributed by atoms with Crippen molar-refractivity contribution in [1.29, 1.82) is 0 Å². The number of hydrogen-bond donors (Lipinski definition) is 1. The Morgan fingerprint density at radius 2 is 2.37 bits per heavy atom. The molecule has 102 valence electrons. The van der Waals surface area contributed by atoms with E-state index in [1.165, 1.54) is 0 Å². The average Bonchev–Trinajstić information content (AvgIpc) is 2.89.